The Hall–Kier alpha value is -0.0500. The number of rotatable bonds is 7. The topological polar surface area (TPSA) is 20.3 Å². The molecule has 1 rings (SSSR count). The van der Waals surface area contributed by atoms with Gasteiger partial charge in [-0.3, -0.25) is 4.79 Å². The standard InChI is InChI=1S/C15H28BrNO/c1-3-4-5-6-7-8-9-15(18)17-11-10-13(2)14(16)12-17/h13-14H,3-12H2,1-2H3. The van der Waals surface area contributed by atoms with E-state index in [9.17, 15) is 4.79 Å². The second-order valence-corrected chi connectivity index (χ2v) is 6.82. The highest BCUT2D eigenvalue weighted by atomic mass is 79.9. The van der Waals surface area contributed by atoms with Crippen molar-refractivity contribution in [1.82, 2.24) is 4.90 Å². The third-order valence-corrected chi connectivity index (χ3v) is 5.16. The van der Waals surface area contributed by atoms with Gasteiger partial charge in [-0.2, -0.15) is 0 Å². The number of alkyl halides is 1. The zero-order valence-electron chi connectivity index (χ0n) is 12.0. The molecule has 1 fully saturated rings. The first kappa shape index (κ1) is 16.0. The van der Waals surface area contributed by atoms with E-state index in [0.29, 0.717) is 16.7 Å². The summed E-state index contributed by atoms with van der Waals surface area (Å²) in [5, 5.41) is 0. The lowest BCUT2D eigenvalue weighted by atomic mass is 9.98. The van der Waals surface area contributed by atoms with E-state index in [0.717, 1.165) is 32.4 Å². The molecule has 0 N–H and O–H groups in total. The number of nitrogens with zero attached hydrogens (tertiary/aromatic N) is 1. The lowest BCUT2D eigenvalue weighted by Crippen LogP contribution is -2.43. The number of hydrogen-bond acceptors (Lipinski definition) is 1. The van der Waals surface area contributed by atoms with Gasteiger partial charge in [0.2, 0.25) is 5.91 Å². The number of carbonyl (C=O) groups is 1. The van der Waals surface area contributed by atoms with E-state index >= 15 is 0 Å². The smallest absolute Gasteiger partial charge is 0.222 e. The van der Waals surface area contributed by atoms with E-state index in [4.69, 9.17) is 0 Å². The molecule has 2 nitrogen and oxygen atoms in total. The highest BCUT2D eigenvalue weighted by Gasteiger charge is 2.26. The number of halogens is 1. The molecule has 18 heavy (non-hydrogen) atoms. The first-order valence-electron chi connectivity index (χ1n) is 7.57. The van der Waals surface area contributed by atoms with Gasteiger partial charge in [0.05, 0.1) is 0 Å². The average Bonchev–Trinajstić information content (AvgIpc) is 2.36. The van der Waals surface area contributed by atoms with Crippen molar-refractivity contribution in [2.45, 2.75) is 70.0 Å². The summed E-state index contributed by atoms with van der Waals surface area (Å²) >= 11 is 3.68. The third-order valence-electron chi connectivity index (χ3n) is 3.96. The van der Waals surface area contributed by atoms with Crippen LogP contribution in [0.2, 0.25) is 0 Å². The maximum Gasteiger partial charge on any atom is 0.222 e. The predicted octanol–water partition coefficient (Wildman–Crippen LogP) is 4.37. The number of unbranched alkanes of at least 4 members (excludes halogenated alkanes) is 5. The van der Waals surface area contributed by atoms with Crippen molar-refractivity contribution in [1.29, 1.82) is 0 Å². The Morgan fingerprint density at radius 2 is 1.89 bits per heavy atom. The Kier molecular flexibility index (Phi) is 7.96. The molecule has 0 bridgehead atoms. The maximum atomic E-state index is 12.0. The first-order chi connectivity index (χ1) is 8.65. The summed E-state index contributed by atoms with van der Waals surface area (Å²) in [7, 11) is 0. The fourth-order valence-corrected chi connectivity index (χ4v) is 3.08. The first-order valence-corrected chi connectivity index (χ1v) is 8.48. The minimum absolute atomic E-state index is 0.363. The molecule has 1 aliphatic heterocycles. The Labute approximate surface area is 121 Å². The number of amides is 1. The second-order valence-electron chi connectivity index (χ2n) is 5.64. The van der Waals surface area contributed by atoms with Crippen molar-refractivity contribution in [3.63, 3.8) is 0 Å². The van der Waals surface area contributed by atoms with Gasteiger partial charge in [-0.15, -0.1) is 0 Å². The summed E-state index contributed by atoms with van der Waals surface area (Å²) in [6.07, 6.45) is 9.42. The molecule has 1 heterocycles. The molecule has 3 heteroatoms. The van der Waals surface area contributed by atoms with Crippen LogP contribution in [0.3, 0.4) is 0 Å². The molecule has 0 radical (unpaired) electrons. The fraction of sp³-hybridized carbons (Fsp3) is 0.933. The fourth-order valence-electron chi connectivity index (χ4n) is 2.46. The van der Waals surface area contributed by atoms with Crippen LogP contribution in [0.1, 0.15) is 65.2 Å². The Morgan fingerprint density at radius 3 is 2.56 bits per heavy atom. The van der Waals surface area contributed by atoms with Crippen LogP contribution in [0.15, 0.2) is 0 Å². The SMILES string of the molecule is CCCCCCCCC(=O)N1CCC(C)C(Br)C1. The quantitative estimate of drug-likeness (QED) is 0.504. The minimum Gasteiger partial charge on any atom is -0.342 e. The molecule has 0 aliphatic carbocycles. The van der Waals surface area contributed by atoms with Crippen molar-refractivity contribution in [3.8, 4) is 0 Å². The second kappa shape index (κ2) is 8.95. The molecule has 106 valence electrons. The van der Waals surface area contributed by atoms with Gasteiger partial charge in [-0.1, -0.05) is 61.9 Å². The molecule has 1 saturated heterocycles. The lowest BCUT2D eigenvalue weighted by molar-refractivity contribution is -0.132. The molecular formula is C15H28BrNO. The zero-order valence-corrected chi connectivity index (χ0v) is 13.5. The molecular weight excluding hydrogens is 290 g/mol. The van der Waals surface area contributed by atoms with Crippen LogP contribution in [-0.2, 0) is 4.79 Å². The molecule has 1 aliphatic rings. The van der Waals surface area contributed by atoms with Gasteiger partial charge in [0, 0.05) is 24.3 Å². The molecule has 0 aromatic rings. The van der Waals surface area contributed by atoms with E-state index < -0.39 is 0 Å². The van der Waals surface area contributed by atoms with Crippen molar-refractivity contribution in [2.24, 2.45) is 5.92 Å². The van der Waals surface area contributed by atoms with Gasteiger partial charge in [-0.05, 0) is 18.8 Å². The van der Waals surface area contributed by atoms with Gasteiger partial charge in [0.15, 0.2) is 0 Å². The molecule has 0 saturated carbocycles. The minimum atomic E-state index is 0.363. The molecule has 2 atom stereocenters. The molecule has 0 aromatic carbocycles. The number of likely N-dealkylation sites (tertiary alicyclic amines) is 1. The highest BCUT2D eigenvalue weighted by Crippen LogP contribution is 2.24. The van der Waals surface area contributed by atoms with Crippen molar-refractivity contribution < 1.29 is 4.79 Å². The number of hydrogen-bond donors (Lipinski definition) is 0. The normalized spacial score (nSPS) is 24.3. The van der Waals surface area contributed by atoms with Gasteiger partial charge in [0.25, 0.3) is 0 Å². The summed E-state index contributed by atoms with van der Waals surface area (Å²) in [6.45, 7) is 6.35. The summed E-state index contributed by atoms with van der Waals surface area (Å²) < 4.78 is 0. The average molecular weight is 318 g/mol. The molecule has 0 spiro atoms. The number of carbonyl (C=O) groups excluding carboxylic acids is 1. The van der Waals surface area contributed by atoms with Gasteiger partial charge in [0.1, 0.15) is 0 Å². The Morgan fingerprint density at radius 1 is 1.22 bits per heavy atom. The summed E-state index contributed by atoms with van der Waals surface area (Å²) in [6, 6.07) is 0. The molecule has 1 amide bonds. The van der Waals surface area contributed by atoms with E-state index in [1.54, 1.807) is 0 Å². The van der Waals surface area contributed by atoms with Crippen LogP contribution in [0.25, 0.3) is 0 Å². The summed E-state index contributed by atoms with van der Waals surface area (Å²) in [5.74, 6) is 1.06. The van der Waals surface area contributed by atoms with E-state index in [1.807, 2.05) is 4.90 Å². The monoisotopic (exact) mass is 317 g/mol. The Bertz CT molecular complexity index is 245. The van der Waals surface area contributed by atoms with Crippen LogP contribution in [0.4, 0.5) is 0 Å². The summed E-state index contributed by atoms with van der Waals surface area (Å²) in [4.78, 5) is 14.6. The van der Waals surface area contributed by atoms with Crippen LogP contribution in [-0.4, -0.2) is 28.7 Å². The lowest BCUT2D eigenvalue weighted by Gasteiger charge is -2.34. The van der Waals surface area contributed by atoms with Gasteiger partial charge < -0.3 is 4.90 Å². The van der Waals surface area contributed by atoms with E-state index in [2.05, 4.69) is 29.8 Å². The van der Waals surface area contributed by atoms with Crippen LogP contribution in [0, 0.1) is 5.92 Å². The largest absolute Gasteiger partial charge is 0.342 e. The van der Waals surface area contributed by atoms with Crippen LogP contribution >= 0.6 is 15.9 Å². The van der Waals surface area contributed by atoms with Crippen molar-refractivity contribution in [2.75, 3.05) is 13.1 Å². The maximum absolute atomic E-state index is 12.0. The highest BCUT2D eigenvalue weighted by molar-refractivity contribution is 9.09. The van der Waals surface area contributed by atoms with Crippen molar-refractivity contribution >= 4 is 21.8 Å². The van der Waals surface area contributed by atoms with Gasteiger partial charge in [-0.25, -0.2) is 0 Å². The molecule has 2 unspecified atom stereocenters. The molecule has 0 aromatic heterocycles. The predicted molar refractivity (Wildman–Crippen MR) is 81.1 cm³/mol. The van der Waals surface area contributed by atoms with E-state index in [-0.39, 0.29) is 0 Å². The summed E-state index contributed by atoms with van der Waals surface area (Å²) in [5.41, 5.74) is 0. The van der Waals surface area contributed by atoms with Crippen molar-refractivity contribution in [3.05, 3.63) is 0 Å². The zero-order chi connectivity index (χ0) is 13.4. The van der Waals surface area contributed by atoms with Crippen LogP contribution < -0.4 is 0 Å². The van der Waals surface area contributed by atoms with Gasteiger partial charge >= 0.3 is 0 Å². The van der Waals surface area contributed by atoms with E-state index in [1.165, 1.54) is 32.1 Å². The third kappa shape index (κ3) is 5.73. The number of piperidine rings is 1. The Balaban J connectivity index is 2.09. The van der Waals surface area contributed by atoms with Crippen LogP contribution in [0.5, 0.6) is 0 Å².